The molecule has 0 fully saturated rings. The van der Waals surface area contributed by atoms with E-state index in [1.54, 1.807) is 29.7 Å². The molecular weight excluding hydrogens is 383 g/mol. The molecule has 20 heavy (non-hydrogen) atoms. The van der Waals surface area contributed by atoms with Gasteiger partial charge in [-0.05, 0) is 28.4 Å². The summed E-state index contributed by atoms with van der Waals surface area (Å²) < 4.78 is 6.43. The Balaban J connectivity index is 1.98. The van der Waals surface area contributed by atoms with Crippen LogP contribution >= 0.6 is 50.5 Å². The van der Waals surface area contributed by atoms with Gasteiger partial charge in [0.1, 0.15) is 12.4 Å². The van der Waals surface area contributed by atoms with E-state index in [0.29, 0.717) is 22.4 Å². The van der Waals surface area contributed by atoms with E-state index >= 15 is 0 Å². The van der Waals surface area contributed by atoms with Crippen LogP contribution in [-0.4, -0.2) is 11.5 Å². The van der Waals surface area contributed by atoms with E-state index in [1.807, 2.05) is 0 Å². The number of hydrogen-bond acceptors (Lipinski definition) is 4. The molecule has 0 amide bonds. The molecule has 0 radical (unpaired) electrons. The third-order valence-corrected chi connectivity index (χ3v) is 4.85. The molecule has 3 nitrogen and oxygen atoms in total. The van der Waals surface area contributed by atoms with Crippen molar-refractivity contribution >= 4 is 55.6 Å². The summed E-state index contributed by atoms with van der Waals surface area (Å²) in [6.07, 6.45) is 2.87. The Morgan fingerprint density at radius 2 is 2.15 bits per heavy atom. The van der Waals surface area contributed by atoms with E-state index in [9.17, 15) is 0 Å². The fourth-order valence-corrected chi connectivity index (χ4v) is 3.05. The second-order valence-electron chi connectivity index (χ2n) is 4.04. The van der Waals surface area contributed by atoms with Crippen molar-refractivity contribution in [3.8, 4) is 5.75 Å². The summed E-state index contributed by atoms with van der Waals surface area (Å²) in [4.78, 5) is 5.31. The second-order valence-corrected chi connectivity index (χ2v) is 6.83. The normalized spacial score (nSPS) is 10.6. The fraction of sp³-hybridized carbons (Fsp3) is 0.308. The summed E-state index contributed by atoms with van der Waals surface area (Å²) >= 11 is 17.0. The molecule has 0 atom stereocenters. The second kappa shape index (κ2) is 7.50. The monoisotopic (exact) mass is 394 g/mol. The summed E-state index contributed by atoms with van der Waals surface area (Å²) in [7, 11) is 0. The zero-order chi connectivity index (χ0) is 14.5. The van der Waals surface area contributed by atoms with Crippen LogP contribution < -0.4 is 10.1 Å². The highest BCUT2D eigenvalue weighted by Gasteiger charge is 2.08. The average molecular weight is 396 g/mol. The topological polar surface area (TPSA) is 34.2 Å². The molecule has 2 rings (SSSR count). The predicted octanol–water partition coefficient (Wildman–Crippen LogP) is 5.61. The van der Waals surface area contributed by atoms with Crippen molar-refractivity contribution in [2.75, 3.05) is 11.9 Å². The van der Waals surface area contributed by atoms with E-state index in [-0.39, 0.29) is 0 Å². The molecule has 7 heteroatoms. The lowest BCUT2D eigenvalue weighted by atomic mass is 10.3. The number of aromatic nitrogens is 1. The Kier molecular flexibility index (Phi) is 5.96. The van der Waals surface area contributed by atoms with Crippen LogP contribution in [0.15, 0.2) is 22.8 Å². The Morgan fingerprint density at radius 3 is 2.90 bits per heavy atom. The largest absolute Gasteiger partial charge is 0.486 e. The van der Waals surface area contributed by atoms with E-state index in [4.69, 9.17) is 27.9 Å². The maximum Gasteiger partial charge on any atom is 0.182 e. The van der Waals surface area contributed by atoms with Gasteiger partial charge in [0.05, 0.1) is 14.9 Å². The molecule has 1 N–H and O–H groups in total. The number of hydrogen-bond donors (Lipinski definition) is 1. The minimum absolute atomic E-state index is 0.420. The molecule has 0 aliphatic carbocycles. The molecule has 0 aliphatic heterocycles. The van der Waals surface area contributed by atoms with Gasteiger partial charge in [0.25, 0.3) is 0 Å². The molecule has 0 saturated carbocycles. The molecule has 0 spiro atoms. The Morgan fingerprint density at radius 1 is 1.35 bits per heavy atom. The van der Waals surface area contributed by atoms with Crippen LogP contribution in [0.25, 0.3) is 0 Å². The van der Waals surface area contributed by atoms with Crippen molar-refractivity contribution < 1.29 is 4.74 Å². The molecule has 0 unspecified atom stereocenters. The van der Waals surface area contributed by atoms with Crippen molar-refractivity contribution in [2.24, 2.45) is 0 Å². The third-order valence-electron chi connectivity index (χ3n) is 2.42. The molecule has 1 aromatic carbocycles. The number of benzene rings is 1. The highest BCUT2D eigenvalue weighted by molar-refractivity contribution is 9.10. The van der Waals surface area contributed by atoms with Gasteiger partial charge in [0, 0.05) is 23.3 Å². The summed E-state index contributed by atoms with van der Waals surface area (Å²) in [6.45, 7) is 3.45. The number of rotatable bonds is 6. The van der Waals surface area contributed by atoms with Gasteiger partial charge in [-0.25, -0.2) is 4.98 Å². The van der Waals surface area contributed by atoms with E-state index in [2.05, 4.69) is 33.2 Å². The molecule has 108 valence electrons. The Hall–Kier alpha value is -0.490. The molecule has 2 aromatic rings. The quantitative estimate of drug-likeness (QED) is 0.645. The highest BCUT2D eigenvalue weighted by Crippen LogP contribution is 2.34. The zero-order valence-corrected chi connectivity index (χ0v) is 14.7. The van der Waals surface area contributed by atoms with Crippen molar-refractivity contribution in [1.29, 1.82) is 0 Å². The number of halogens is 3. The number of thiazole rings is 1. The summed E-state index contributed by atoms with van der Waals surface area (Å²) in [5, 5.41) is 5.24. The Labute approximate surface area is 140 Å². The van der Waals surface area contributed by atoms with Crippen LogP contribution in [0.5, 0.6) is 5.75 Å². The number of anilines is 1. The van der Waals surface area contributed by atoms with Crippen LogP contribution in [0.2, 0.25) is 10.0 Å². The van der Waals surface area contributed by atoms with Gasteiger partial charge in [0.15, 0.2) is 5.13 Å². The Bertz CT molecular complexity index is 592. The SMILES string of the molecule is CCCNc1ncc(COc2cc(Cl)c(Br)cc2Cl)s1. The summed E-state index contributed by atoms with van der Waals surface area (Å²) in [5.41, 5.74) is 0. The maximum absolute atomic E-state index is 6.10. The highest BCUT2D eigenvalue weighted by atomic mass is 79.9. The first-order chi connectivity index (χ1) is 9.60. The van der Waals surface area contributed by atoms with Gasteiger partial charge in [-0.2, -0.15) is 0 Å². The molecule has 1 aromatic heterocycles. The predicted molar refractivity (Wildman–Crippen MR) is 89.4 cm³/mol. The zero-order valence-electron chi connectivity index (χ0n) is 10.8. The molecule has 0 aliphatic rings. The minimum atomic E-state index is 0.420. The van der Waals surface area contributed by atoms with Gasteiger partial charge in [0.2, 0.25) is 0 Å². The standard InChI is InChI=1S/C13H13BrCl2N2OS/c1-2-3-17-13-18-6-8(20-13)7-19-12-5-10(15)9(14)4-11(12)16/h4-6H,2-3,7H2,1H3,(H,17,18). The number of nitrogens with zero attached hydrogens (tertiary/aromatic N) is 1. The van der Waals surface area contributed by atoms with Crippen LogP contribution in [0, 0.1) is 0 Å². The van der Waals surface area contributed by atoms with Crippen molar-refractivity contribution in [2.45, 2.75) is 20.0 Å². The van der Waals surface area contributed by atoms with Gasteiger partial charge < -0.3 is 10.1 Å². The number of nitrogens with one attached hydrogen (secondary N) is 1. The van der Waals surface area contributed by atoms with Crippen LogP contribution in [0.1, 0.15) is 18.2 Å². The van der Waals surface area contributed by atoms with E-state index in [1.165, 1.54) is 0 Å². The lowest BCUT2D eigenvalue weighted by Crippen LogP contribution is -1.98. The van der Waals surface area contributed by atoms with Gasteiger partial charge >= 0.3 is 0 Å². The first kappa shape index (κ1) is 15.9. The molecule has 1 heterocycles. The molecule has 0 bridgehead atoms. The smallest absolute Gasteiger partial charge is 0.182 e. The molecular formula is C13H13BrCl2N2OS. The van der Waals surface area contributed by atoms with Gasteiger partial charge in [-0.3, -0.25) is 0 Å². The summed E-state index contributed by atoms with van der Waals surface area (Å²) in [5.74, 6) is 0.566. The van der Waals surface area contributed by atoms with Crippen LogP contribution in [0.4, 0.5) is 5.13 Å². The van der Waals surface area contributed by atoms with Gasteiger partial charge in [-0.15, -0.1) is 0 Å². The van der Waals surface area contributed by atoms with Crippen LogP contribution in [0.3, 0.4) is 0 Å². The summed E-state index contributed by atoms with van der Waals surface area (Å²) in [6, 6.07) is 3.42. The third kappa shape index (κ3) is 4.25. The van der Waals surface area contributed by atoms with Gasteiger partial charge in [-0.1, -0.05) is 41.5 Å². The van der Waals surface area contributed by atoms with E-state index in [0.717, 1.165) is 27.4 Å². The first-order valence-electron chi connectivity index (χ1n) is 6.06. The molecule has 0 saturated heterocycles. The van der Waals surface area contributed by atoms with Crippen molar-refractivity contribution in [1.82, 2.24) is 4.98 Å². The first-order valence-corrected chi connectivity index (χ1v) is 8.42. The van der Waals surface area contributed by atoms with E-state index < -0.39 is 0 Å². The van der Waals surface area contributed by atoms with Crippen LogP contribution in [-0.2, 0) is 6.61 Å². The minimum Gasteiger partial charge on any atom is -0.486 e. The van der Waals surface area contributed by atoms with Crippen molar-refractivity contribution in [3.63, 3.8) is 0 Å². The fourth-order valence-electron chi connectivity index (χ4n) is 1.45. The lowest BCUT2D eigenvalue weighted by Gasteiger charge is -2.08. The lowest BCUT2D eigenvalue weighted by molar-refractivity contribution is 0.309. The number of ether oxygens (including phenoxy) is 1. The van der Waals surface area contributed by atoms with Crippen molar-refractivity contribution in [3.05, 3.63) is 37.7 Å². The average Bonchev–Trinajstić information content (AvgIpc) is 2.87. The maximum atomic E-state index is 6.10.